The second-order valence-electron chi connectivity index (χ2n) is 5.49. The molecule has 2 atom stereocenters. The van der Waals surface area contributed by atoms with Crippen LogP contribution in [0.25, 0.3) is 0 Å². The van der Waals surface area contributed by atoms with E-state index in [9.17, 15) is 0 Å². The topological polar surface area (TPSA) is 62.4 Å². The number of nitrogens with one attached hydrogen (secondary N) is 2. The van der Waals surface area contributed by atoms with Crippen molar-refractivity contribution in [1.82, 2.24) is 10.7 Å². The van der Waals surface area contributed by atoms with Crippen molar-refractivity contribution in [2.24, 2.45) is 22.7 Å². The number of aliphatic imine (C=N–C) groups is 1. The summed E-state index contributed by atoms with van der Waals surface area (Å²) in [6, 6.07) is 0.519. The van der Waals surface area contributed by atoms with E-state index >= 15 is 0 Å². The van der Waals surface area contributed by atoms with Crippen LogP contribution in [-0.4, -0.2) is 18.5 Å². The average molecular weight is 240 g/mol. The lowest BCUT2D eigenvalue weighted by Crippen LogP contribution is -2.48. The summed E-state index contributed by atoms with van der Waals surface area (Å²) in [6.45, 7) is 7.67. The smallest absolute Gasteiger partial charge is 0.205 e. The van der Waals surface area contributed by atoms with Gasteiger partial charge in [-0.1, -0.05) is 27.2 Å². The molecule has 0 aromatic carbocycles. The molecule has 4 nitrogen and oxygen atoms in total. The van der Waals surface area contributed by atoms with E-state index in [0.717, 1.165) is 30.8 Å². The molecule has 4 N–H and O–H groups in total. The van der Waals surface area contributed by atoms with Crippen LogP contribution in [0.4, 0.5) is 0 Å². The zero-order chi connectivity index (χ0) is 12.7. The molecule has 0 radical (unpaired) electrons. The second-order valence-corrected chi connectivity index (χ2v) is 5.49. The molecule has 0 heterocycles. The normalized spacial score (nSPS) is 30.1. The Bertz CT molecular complexity index is 230. The molecule has 0 spiro atoms. The highest BCUT2D eigenvalue weighted by atomic mass is 15.3. The van der Waals surface area contributed by atoms with Gasteiger partial charge in [-0.05, 0) is 37.5 Å². The Morgan fingerprint density at radius 3 is 2.41 bits per heavy atom. The summed E-state index contributed by atoms with van der Waals surface area (Å²) in [5.74, 6) is 7.85. The Morgan fingerprint density at radius 2 is 1.88 bits per heavy atom. The summed E-state index contributed by atoms with van der Waals surface area (Å²) >= 11 is 0. The number of hydrogen-bond acceptors (Lipinski definition) is 2. The third-order valence-corrected chi connectivity index (χ3v) is 3.44. The van der Waals surface area contributed by atoms with E-state index in [4.69, 9.17) is 5.84 Å². The summed E-state index contributed by atoms with van der Waals surface area (Å²) < 4.78 is 0. The van der Waals surface area contributed by atoms with E-state index in [1.807, 2.05) is 0 Å². The molecule has 1 aliphatic carbocycles. The molecule has 0 aliphatic heterocycles. The van der Waals surface area contributed by atoms with Gasteiger partial charge in [0.15, 0.2) is 0 Å². The third-order valence-electron chi connectivity index (χ3n) is 3.44. The lowest BCUT2D eigenvalue weighted by Gasteiger charge is -2.32. The Labute approximate surface area is 105 Å². The van der Waals surface area contributed by atoms with Crippen LogP contribution in [0.2, 0.25) is 0 Å². The van der Waals surface area contributed by atoms with Crippen LogP contribution in [0.15, 0.2) is 4.99 Å². The van der Waals surface area contributed by atoms with Crippen molar-refractivity contribution in [3.8, 4) is 0 Å². The first-order valence-electron chi connectivity index (χ1n) is 6.93. The minimum atomic E-state index is 0.519. The molecule has 1 saturated carbocycles. The molecular formula is C13H28N4. The summed E-state index contributed by atoms with van der Waals surface area (Å²) in [7, 11) is 0. The van der Waals surface area contributed by atoms with Crippen LogP contribution >= 0.6 is 0 Å². The molecule has 0 aromatic heterocycles. The molecule has 1 fully saturated rings. The summed E-state index contributed by atoms with van der Waals surface area (Å²) in [4.78, 5) is 4.45. The van der Waals surface area contributed by atoms with E-state index in [-0.39, 0.29) is 0 Å². The van der Waals surface area contributed by atoms with Crippen molar-refractivity contribution in [3.63, 3.8) is 0 Å². The maximum Gasteiger partial charge on any atom is 0.205 e. The first-order valence-corrected chi connectivity index (χ1v) is 6.93. The lowest BCUT2D eigenvalue weighted by atomic mass is 9.80. The molecule has 0 bridgehead atoms. The number of hydrazine groups is 1. The number of guanidine groups is 1. The number of unbranched alkanes of at least 4 members (excludes halogenated alkanes) is 1. The predicted octanol–water partition coefficient (Wildman–Crippen LogP) is 2.02. The fourth-order valence-electron chi connectivity index (χ4n) is 2.74. The zero-order valence-electron chi connectivity index (χ0n) is 11.5. The van der Waals surface area contributed by atoms with Gasteiger partial charge in [0, 0.05) is 12.6 Å². The third kappa shape index (κ3) is 5.39. The SMILES string of the molecule is CCCCN=C(NN)NC1CC(C)CC(C)C1. The molecule has 0 amide bonds. The molecule has 1 rings (SSSR count). The molecule has 100 valence electrons. The van der Waals surface area contributed by atoms with Crippen LogP contribution in [0, 0.1) is 11.8 Å². The van der Waals surface area contributed by atoms with Crippen LogP contribution in [0.3, 0.4) is 0 Å². The number of nitrogens with zero attached hydrogens (tertiary/aromatic N) is 1. The Morgan fingerprint density at radius 1 is 1.24 bits per heavy atom. The first-order chi connectivity index (χ1) is 8.15. The van der Waals surface area contributed by atoms with Gasteiger partial charge in [0.1, 0.15) is 0 Å². The summed E-state index contributed by atoms with van der Waals surface area (Å²) in [6.07, 6.45) is 6.07. The van der Waals surface area contributed by atoms with E-state index in [0.29, 0.717) is 6.04 Å². The van der Waals surface area contributed by atoms with E-state index in [2.05, 4.69) is 36.5 Å². The van der Waals surface area contributed by atoms with Gasteiger partial charge in [0.05, 0.1) is 0 Å². The summed E-state index contributed by atoms with van der Waals surface area (Å²) in [5, 5.41) is 3.44. The molecule has 2 unspecified atom stereocenters. The van der Waals surface area contributed by atoms with Gasteiger partial charge in [0.25, 0.3) is 0 Å². The van der Waals surface area contributed by atoms with Crippen molar-refractivity contribution in [3.05, 3.63) is 0 Å². The van der Waals surface area contributed by atoms with Crippen molar-refractivity contribution in [1.29, 1.82) is 0 Å². The van der Waals surface area contributed by atoms with Crippen molar-refractivity contribution < 1.29 is 0 Å². The monoisotopic (exact) mass is 240 g/mol. The van der Waals surface area contributed by atoms with E-state index in [1.165, 1.54) is 25.7 Å². The van der Waals surface area contributed by atoms with Crippen molar-refractivity contribution >= 4 is 5.96 Å². The van der Waals surface area contributed by atoms with Crippen LogP contribution in [0.5, 0.6) is 0 Å². The van der Waals surface area contributed by atoms with Gasteiger partial charge in [-0.3, -0.25) is 10.4 Å². The van der Waals surface area contributed by atoms with Crippen molar-refractivity contribution in [2.75, 3.05) is 6.54 Å². The van der Waals surface area contributed by atoms with E-state index in [1.54, 1.807) is 0 Å². The largest absolute Gasteiger partial charge is 0.353 e. The lowest BCUT2D eigenvalue weighted by molar-refractivity contribution is 0.255. The van der Waals surface area contributed by atoms with Gasteiger partial charge in [-0.25, -0.2) is 5.84 Å². The maximum atomic E-state index is 5.50. The zero-order valence-corrected chi connectivity index (χ0v) is 11.5. The predicted molar refractivity (Wildman–Crippen MR) is 73.6 cm³/mol. The van der Waals surface area contributed by atoms with E-state index < -0.39 is 0 Å². The number of rotatable bonds is 4. The molecule has 0 aromatic rings. The second kappa shape index (κ2) is 7.54. The van der Waals surface area contributed by atoms with Gasteiger partial charge in [0.2, 0.25) is 5.96 Å². The molecular weight excluding hydrogens is 212 g/mol. The quantitative estimate of drug-likeness (QED) is 0.232. The Kier molecular flexibility index (Phi) is 6.34. The highest BCUT2D eigenvalue weighted by Crippen LogP contribution is 2.28. The first kappa shape index (κ1) is 14.3. The fraction of sp³-hybridized carbons (Fsp3) is 0.923. The molecule has 1 aliphatic rings. The fourth-order valence-corrected chi connectivity index (χ4v) is 2.74. The van der Waals surface area contributed by atoms with Gasteiger partial charge in [-0.15, -0.1) is 0 Å². The Balaban J connectivity index is 2.41. The Hall–Kier alpha value is -0.770. The van der Waals surface area contributed by atoms with Gasteiger partial charge < -0.3 is 5.32 Å². The number of hydrogen-bond donors (Lipinski definition) is 3. The highest BCUT2D eigenvalue weighted by molar-refractivity contribution is 5.79. The molecule has 4 heteroatoms. The van der Waals surface area contributed by atoms with Crippen LogP contribution in [-0.2, 0) is 0 Å². The average Bonchev–Trinajstić information content (AvgIpc) is 2.26. The van der Waals surface area contributed by atoms with Crippen LogP contribution in [0.1, 0.15) is 52.9 Å². The van der Waals surface area contributed by atoms with Crippen molar-refractivity contribution in [2.45, 2.75) is 58.9 Å². The standard InChI is InChI=1S/C13H28N4/c1-4-5-6-15-13(17-14)16-12-8-10(2)7-11(3)9-12/h10-12H,4-9,14H2,1-3H3,(H2,15,16,17). The minimum Gasteiger partial charge on any atom is -0.353 e. The minimum absolute atomic E-state index is 0.519. The molecule has 0 saturated heterocycles. The van der Waals surface area contributed by atoms with Crippen LogP contribution < -0.4 is 16.6 Å². The number of nitrogens with two attached hydrogens (primary N) is 1. The maximum absolute atomic E-state index is 5.50. The summed E-state index contributed by atoms with van der Waals surface area (Å²) in [5.41, 5.74) is 2.68. The van der Waals surface area contributed by atoms with Gasteiger partial charge >= 0.3 is 0 Å². The molecule has 17 heavy (non-hydrogen) atoms. The van der Waals surface area contributed by atoms with Gasteiger partial charge in [-0.2, -0.15) is 0 Å². The highest BCUT2D eigenvalue weighted by Gasteiger charge is 2.24.